The molecule has 7 rings (SSSR count). The van der Waals surface area contributed by atoms with Crippen LogP contribution in [-0.2, 0) is 29.1 Å². The van der Waals surface area contributed by atoms with E-state index in [0.717, 1.165) is 18.2 Å². The molecule has 4 heterocycles. The van der Waals surface area contributed by atoms with Crippen LogP contribution in [0, 0.1) is 17.8 Å². The zero-order chi connectivity index (χ0) is 39.3. The number of methoxy groups -OCH3 is 1. The minimum Gasteiger partial charge on any atom is -0.496 e. The molecule has 55 heavy (non-hydrogen) atoms. The summed E-state index contributed by atoms with van der Waals surface area (Å²) in [5, 5.41) is 5.79. The molecule has 2 saturated heterocycles. The third kappa shape index (κ3) is 8.01. The number of nitrogens with one attached hydrogen (secondary N) is 3. The minimum absolute atomic E-state index is 0.116. The molecule has 3 aliphatic heterocycles. The molecule has 4 fully saturated rings. The van der Waals surface area contributed by atoms with E-state index in [9.17, 15) is 32.4 Å². The number of hydrogen-bond acceptors (Lipinski definition) is 10. The molecule has 0 radical (unpaired) electrons. The summed E-state index contributed by atoms with van der Waals surface area (Å²) in [6.07, 6.45) is 7.33. The number of alkyl carbamates (subject to hydrolysis) is 1. The van der Waals surface area contributed by atoms with Crippen molar-refractivity contribution in [3.05, 3.63) is 48.2 Å². The number of rotatable bonds is 6. The lowest BCUT2D eigenvalue weighted by molar-refractivity contribution is -0.142. The fourth-order valence-electron chi connectivity index (χ4n) is 8.27. The van der Waals surface area contributed by atoms with E-state index in [1.54, 1.807) is 37.8 Å². The second-order valence-electron chi connectivity index (χ2n) is 16.5. The summed E-state index contributed by atoms with van der Waals surface area (Å²) in [6.45, 7) is 5.64. The number of hydrogen-bond donors (Lipinski definition) is 3. The second-order valence-corrected chi connectivity index (χ2v) is 18.5. The highest BCUT2D eigenvalue weighted by Gasteiger charge is 2.63. The molecule has 0 bridgehead atoms. The smallest absolute Gasteiger partial charge is 0.408 e. The Hall–Kier alpha value is -4.73. The Morgan fingerprint density at radius 1 is 1.02 bits per heavy atom. The van der Waals surface area contributed by atoms with Crippen molar-refractivity contribution in [3.8, 4) is 5.75 Å². The van der Waals surface area contributed by atoms with E-state index in [1.165, 1.54) is 12.0 Å². The first kappa shape index (κ1) is 38.5. The van der Waals surface area contributed by atoms with E-state index < -0.39 is 74.1 Å². The Labute approximate surface area is 321 Å². The number of carbonyl (C=O) groups is 5. The number of pyridine rings is 1. The van der Waals surface area contributed by atoms with Crippen molar-refractivity contribution in [2.45, 2.75) is 101 Å². The first-order valence-corrected chi connectivity index (χ1v) is 20.7. The molecule has 0 unspecified atom stereocenters. The first-order valence-electron chi connectivity index (χ1n) is 19.2. The van der Waals surface area contributed by atoms with Crippen molar-refractivity contribution in [1.29, 1.82) is 0 Å². The van der Waals surface area contributed by atoms with Crippen molar-refractivity contribution in [3.63, 3.8) is 0 Å². The highest BCUT2D eigenvalue weighted by Crippen LogP contribution is 2.47. The largest absolute Gasteiger partial charge is 0.496 e. The summed E-state index contributed by atoms with van der Waals surface area (Å²) >= 11 is 0. The second kappa shape index (κ2) is 14.7. The molecular formula is C39H50N6O9S. The van der Waals surface area contributed by atoms with Crippen LogP contribution in [0.5, 0.6) is 5.75 Å². The van der Waals surface area contributed by atoms with Gasteiger partial charge in [0.25, 0.3) is 11.8 Å². The van der Waals surface area contributed by atoms with Gasteiger partial charge in [0, 0.05) is 48.8 Å². The topological polar surface area (TPSA) is 193 Å². The van der Waals surface area contributed by atoms with Crippen LogP contribution in [0.2, 0.25) is 0 Å². The zero-order valence-electron chi connectivity index (χ0n) is 31.7. The highest BCUT2D eigenvalue weighted by atomic mass is 32.2. The van der Waals surface area contributed by atoms with E-state index in [1.807, 2.05) is 30.4 Å². The molecule has 1 aromatic carbocycles. The third-order valence-electron chi connectivity index (χ3n) is 11.3. The molecule has 5 amide bonds. The van der Waals surface area contributed by atoms with Crippen molar-refractivity contribution >= 4 is 50.6 Å². The molecule has 16 heteroatoms. The highest BCUT2D eigenvalue weighted by molar-refractivity contribution is 7.91. The molecule has 2 saturated carbocycles. The molecule has 0 spiro atoms. The van der Waals surface area contributed by atoms with Crippen LogP contribution in [0.3, 0.4) is 0 Å². The van der Waals surface area contributed by atoms with Crippen LogP contribution in [0.15, 0.2) is 42.5 Å². The number of aromatic nitrogens is 1. The number of nitrogens with zero attached hydrogens (tertiary/aromatic N) is 3. The molecular weight excluding hydrogens is 729 g/mol. The Balaban J connectivity index is 1.20. The summed E-state index contributed by atoms with van der Waals surface area (Å²) in [4.78, 5) is 77.8. The minimum atomic E-state index is -3.92. The summed E-state index contributed by atoms with van der Waals surface area (Å²) in [6, 6.07) is 6.80. The van der Waals surface area contributed by atoms with Gasteiger partial charge in [0.2, 0.25) is 21.8 Å². The van der Waals surface area contributed by atoms with Crippen LogP contribution in [-0.4, -0.2) is 108 Å². The van der Waals surface area contributed by atoms with Crippen LogP contribution in [0.4, 0.5) is 4.79 Å². The lowest BCUT2D eigenvalue weighted by atomic mass is 9.93. The fraction of sp³-hybridized carbons (Fsp3) is 0.590. The average molecular weight is 779 g/mol. The van der Waals surface area contributed by atoms with Crippen molar-refractivity contribution in [2.75, 3.05) is 26.7 Å². The van der Waals surface area contributed by atoms with Gasteiger partial charge in [-0.25, -0.2) is 18.2 Å². The predicted octanol–water partition coefficient (Wildman–Crippen LogP) is 3.04. The molecule has 5 aliphatic rings. The van der Waals surface area contributed by atoms with Gasteiger partial charge in [0.1, 0.15) is 34.7 Å². The van der Waals surface area contributed by atoms with Gasteiger partial charge in [-0.3, -0.25) is 23.9 Å². The van der Waals surface area contributed by atoms with Gasteiger partial charge in [-0.1, -0.05) is 37.1 Å². The number of likely N-dealkylation sites (tertiary alicyclic amines) is 1. The van der Waals surface area contributed by atoms with Crippen LogP contribution in [0.25, 0.3) is 10.9 Å². The standard InChI is InChI=1S/C39H50N6O9S/c1-38(2,3)54-37(50)41-29-15-9-7-5-6-8-12-24-19-39(24,36(49)43-55(51,52)25-16-17-25)42-33(46)32-27-22-44(20-23(27)21-45(32)35(29)48)34(47)30-18-31(53-4)26-13-10-11-14-28(26)40-30/h8,10-14,18,23-25,27,29,32H,5-7,9,15-17,19-22H2,1-4H3,(H,41,50)(H,42,46)(H,43,49)/b12-8-/t23-,24+,27-,29+,32-,39-/m0/s1. The average Bonchev–Trinajstić information content (AvgIpc) is 4.03. The normalized spacial score (nSPS) is 29.1. The van der Waals surface area contributed by atoms with Crippen molar-refractivity contribution in [1.82, 2.24) is 30.1 Å². The van der Waals surface area contributed by atoms with Gasteiger partial charge in [-0.2, -0.15) is 0 Å². The van der Waals surface area contributed by atoms with E-state index >= 15 is 0 Å². The number of ether oxygens (including phenoxy) is 2. The SMILES string of the molecule is COc1cc(C(=O)N2C[C@H]3CN4C(=O)[C@H](NC(=O)OC(C)(C)C)CCCCC/C=C\[C@@H]5C[C@]5(C(=O)NS(=O)(=O)C5CC5)NC(=O)[C@@H]4[C@H]3C2)nc2ccccc12. The summed E-state index contributed by atoms with van der Waals surface area (Å²) in [5.74, 6) is -3.05. The molecule has 1 aromatic heterocycles. The molecule has 3 N–H and O–H groups in total. The van der Waals surface area contributed by atoms with Crippen LogP contribution < -0.4 is 20.1 Å². The van der Waals surface area contributed by atoms with Gasteiger partial charge in [-0.05, 0) is 71.4 Å². The molecule has 2 aliphatic carbocycles. The van der Waals surface area contributed by atoms with Gasteiger partial charge in [0.05, 0.1) is 17.9 Å². The molecule has 15 nitrogen and oxygen atoms in total. The van der Waals surface area contributed by atoms with E-state index in [2.05, 4.69) is 20.3 Å². The molecule has 296 valence electrons. The maximum Gasteiger partial charge on any atom is 0.408 e. The zero-order valence-corrected chi connectivity index (χ0v) is 32.5. The summed E-state index contributed by atoms with van der Waals surface area (Å²) in [5.41, 5.74) is -1.58. The van der Waals surface area contributed by atoms with Gasteiger partial charge >= 0.3 is 6.09 Å². The fourth-order valence-corrected chi connectivity index (χ4v) is 9.63. The van der Waals surface area contributed by atoms with Gasteiger partial charge < -0.3 is 29.9 Å². The first-order chi connectivity index (χ1) is 26.1. The third-order valence-corrected chi connectivity index (χ3v) is 13.1. The Morgan fingerprint density at radius 3 is 2.51 bits per heavy atom. The quantitative estimate of drug-likeness (QED) is 0.367. The summed E-state index contributed by atoms with van der Waals surface area (Å²) in [7, 11) is -2.39. The number of benzene rings is 1. The summed E-state index contributed by atoms with van der Waals surface area (Å²) < 4.78 is 39.1. The number of fused-ring (bicyclic) bond motifs is 5. The van der Waals surface area contributed by atoms with Gasteiger partial charge in [-0.15, -0.1) is 0 Å². The lowest BCUT2D eigenvalue weighted by Crippen LogP contribution is -2.60. The Kier molecular flexibility index (Phi) is 10.3. The number of carbonyl (C=O) groups excluding carboxylic acids is 5. The lowest BCUT2D eigenvalue weighted by Gasteiger charge is -2.33. The predicted molar refractivity (Wildman–Crippen MR) is 201 cm³/mol. The maximum absolute atomic E-state index is 14.7. The molecule has 6 atom stereocenters. The monoisotopic (exact) mass is 778 g/mol. The number of sulfonamides is 1. The number of amides is 5. The van der Waals surface area contributed by atoms with Crippen molar-refractivity contribution in [2.24, 2.45) is 17.8 Å². The van der Waals surface area contributed by atoms with E-state index in [0.29, 0.717) is 43.4 Å². The maximum atomic E-state index is 14.7. The number of para-hydroxylation sites is 1. The van der Waals surface area contributed by atoms with Crippen LogP contribution in [0.1, 0.15) is 82.6 Å². The number of allylic oxidation sites excluding steroid dienone is 1. The van der Waals surface area contributed by atoms with E-state index in [-0.39, 0.29) is 43.6 Å². The Morgan fingerprint density at radius 2 is 1.78 bits per heavy atom. The van der Waals surface area contributed by atoms with Crippen LogP contribution >= 0.6 is 0 Å². The molecule has 2 aromatic rings. The van der Waals surface area contributed by atoms with Gasteiger partial charge in [0.15, 0.2) is 0 Å². The van der Waals surface area contributed by atoms with Crippen molar-refractivity contribution < 1.29 is 41.9 Å². The Bertz CT molecular complexity index is 2030. The van der Waals surface area contributed by atoms with E-state index in [4.69, 9.17) is 9.47 Å².